The number of rotatable bonds is 7. The molecule has 0 radical (unpaired) electrons. The number of carbonyl (C=O) groups is 2. The first-order valence-electron chi connectivity index (χ1n) is 6.83. The first kappa shape index (κ1) is 17.7. The van der Waals surface area contributed by atoms with Crippen LogP contribution in [0.5, 0.6) is 0 Å². The average molecular weight is 357 g/mol. The minimum Gasteiger partial charge on any atom is -0.480 e. The summed E-state index contributed by atoms with van der Waals surface area (Å²) in [4.78, 5) is 23.2. The number of benzene rings is 1. The van der Waals surface area contributed by atoms with Crippen LogP contribution in [0.3, 0.4) is 0 Å². The average Bonchev–Trinajstić information content (AvgIpc) is 2.41. The quantitative estimate of drug-likeness (QED) is 0.701. The second-order valence-electron chi connectivity index (χ2n) is 5.25. The van der Waals surface area contributed by atoms with E-state index in [1.54, 1.807) is 13.0 Å². The minimum absolute atomic E-state index is 0.0437. The van der Waals surface area contributed by atoms with Crippen molar-refractivity contribution in [3.05, 3.63) is 28.2 Å². The fraction of sp³-hybridized carbons (Fsp3) is 0.467. The van der Waals surface area contributed by atoms with Gasteiger partial charge in [-0.05, 0) is 44.0 Å². The number of aryl methyl sites for hydroxylation is 1. The van der Waals surface area contributed by atoms with Gasteiger partial charge in [-0.15, -0.1) is 0 Å². The van der Waals surface area contributed by atoms with E-state index in [1.807, 2.05) is 26.0 Å². The third-order valence-corrected chi connectivity index (χ3v) is 4.19. The molecule has 0 spiro atoms. The maximum Gasteiger partial charge on any atom is 0.323 e. The first-order chi connectivity index (χ1) is 9.78. The third-order valence-electron chi connectivity index (χ3n) is 3.30. The Labute approximate surface area is 133 Å². The van der Waals surface area contributed by atoms with Gasteiger partial charge in [-0.1, -0.05) is 29.3 Å². The van der Waals surface area contributed by atoms with Crippen LogP contribution in [0.4, 0.5) is 5.69 Å². The Morgan fingerprint density at radius 3 is 2.57 bits per heavy atom. The van der Waals surface area contributed by atoms with Gasteiger partial charge >= 0.3 is 5.97 Å². The van der Waals surface area contributed by atoms with Crippen LogP contribution in [0.2, 0.25) is 0 Å². The van der Waals surface area contributed by atoms with Crippen molar-refractivity contribution in [2.45, 2.75) is 39.2 Å². The molecule has 1 atom stereocenters. The predicted molar refractivity (Wildman–Crippen MR) is 86.5 cm³/mol. The van der Waals surface area contributed by atoms with Gasteiger partial charge in [0.05, 0.1) is 6.54 Å². The summed E-state index contributed by atoms with van der Waals surface area (Å²) in [6.45, 7) is 5.39. The van der Waals surface area contributed by atoms with Gasteiger partial charge in [0.25, 0.3) is 0 Å². The van der Waals surface area contributed by atoms with Gasteiger partial charge in [0.2, 0.25) is 5.91 Å². The summed E-state index contributed by atoms with van der Waals surface area (Å²) in [5.74, 6) is -1.21. The molecule has 0 fully saturated rings. The fourth-order valence-electron chi connectivity index (χ4n) is 1.97. The number of carboxylic acid groups (broad SMARTS) is 1. The van der Waals surface area contributed by atoms with E-state index in [4.69, 9.17) is 0 Å². The lowest BCUT2D eigenvalue weighted by molar-refractivity contribution is -0.144. The highest BCUT2D eigenvalue weighted by Gasteiger charge is 2.31. The second kappa shape index (κ2) is 7.56. The number of carbonyl (C=O) groups excluding carboxylic acids is 1. The highest BCUT2D eigenvalue weighted by atomic mass is 79.9. The molecule has 1 rings (SSSR count). The first-order valence-corrected chi connectivity index (χ1v) is 7.62. The van der Waals surface area contributed by atoms with Crippen molar-refractivity contribution in [2.24, 2.45) is 0 Å². The molecular weight excluding hydrogens is 336 g/mol. The van der Waals surface area contributed by atoms with Crippen LogP contribution in [0.15, 0.2) is 22.7 Å². The lowest BCUT2D eigenvalue weighted by Crippen LogP contribution is -2.51. The molecule has 0 bridgehead atoms. The second-order valence-corrected chi connectivity index (χ2v) is 6.11. The summed E-state index contributed by atoms with van der Waals surface area (Å²) < 4.78 is 0.972. The molecule has 0 aliphatic carbocycles. The molecule has 3 N–H and O–H groups in total. The van der Waals surface area contributed by atoms with Crippen molar-refractivity contribution < 1.29 is 14.7 Å². The lowest BCUT2D eigenvalue weighted by atomic mass is 9.96. The summed E-state index contributed by atoms with van der Waals surface area (Å²) >= 11 is 3.40. The molecule has 1 aromatic rings. The number of amides is 1. The summed E-state index contributed by atoms with van der Waals surface area (Å²) in [5.41, 5.74) is 0.624. The highest BCUT2D eigenvalue weighted by molar-refractivity contribution is 9.10. The molecule has 0 saturated heterocycles. The smallest absolute Gasteiger partial charge is 0.323 e. The molecule has 0 saturated carbocycles. The zero-order valence-corrected chi connectivity index (χ0v) is 14.1. The number of anilines is 1. The van der Waals surface area contributed by atoms with Crippen molar-refractivity contribution in [1.82, 2.24) is 5.32 Å². The van der Waals surface area contributed by atoms with E-state index in [1.165, 1.54) is 0 Å². The molecular formula is C15H21BrN2O3. The Morgan fingerprint density at radius 2 is 2.05 bits per heavy atom. The molecule has 116 valence electrons. The molecule has 0 aliphatic heterocycles. The van der Waals surface area contributed by atoms with E-state index in [-0.39, 0.29) is 12.5 Å². The SMILES string of the molecule is CCCC(C)(NCC(=O)Nc1ccc(Br)c(C)c1)C(=O)O. The normalized spacial score (nSPS) is 13.5. The molecule has 0 heterocycles. The van der Waals surface area contributed by atoms with Crippen LogP contribution in [0.1, 0.15) is 32.3 Å². The predicted octanol–water partition coefficient (Wildman–Crippen LogP) is 2.93. The number of halogens is 1. The fourth-order valence-corrected chi connectivity index (χ4v) is 2.22. The minimum atomic E-state index is -1.08. The Balaban J connectivity index is 2.61. The molecule has 21 heavy (non-hydrogen) atoms. The number of hydrogen-bond donors (Lipinski definition) is 3. The van der Waals surface area contributed by atoms with E-state index in [0.717, 1.165) is 16.5 Å². The van der Waals surface area contributed by atoms with Crippen LogP contribution in [0, 0.1) is 6.92 Å². The molecule has 1 unspecified atom stereocenters. The van der Waals surface area contributed by atoms with E-state index < -0.39 is 11.5 Å². The highest BCUT2D eigenvalue weighted by Crippen LogP contribution is 2.20. The number of nitrogens with one attached hydrogen (secondary N) is 2. The molecule has 5 nitrogen and oxygen atoms in total. The Morgan fingerprint density at radius 1 is 1.38 bits per heavy atom. The summed E-state index contributed by atoms with van der Waals surface area (Å²) in [7, 11) is 0. The molecule has 1 aromatic carbocycles. The van der Waals surface area contributed by atoms with Gasteiger partial charge in [-0.3, -0.25) is 14.9 Å². The van der Waals surface area contributed by atoms with Gasteiger partial charge in [0.15, 0.2) is 0 Å². The number of hydrogen-bond acceptors (Lipinski definition) is 3. The van der Waals surface area contributed by atoms with Crippen LogP contribution in [0.25, 0.3) is 0 Å². The van der Waals surface area contributed by atoms with Crippen LogP contribution in [-0.2, 0) is 9.59 Å². The Hall–Kier alpha value is -1.40. The van der Waals surface area contributed by atoms with Gasteiger partial charge in [0.1, 0.15) is 5.54 Å². The standard InChI is InChI=1S/C15H21BrN2O3/c1-4-7-15(3,14(20)21)17-9-13(19)18-11-5-6-12(16)10(2)8-11/h5-6,8,17H,4,7,9H2,1-3H3,(H,18,19)(H,20,21). The summed E-state index contributed by atoms with van der Waals surface area (Å²) in [5, 5.41) is 14.8. The monoisotopic (exact) mass is 356 g/mol. The zero-order chi connectivity index (χ0) is 16.0. The van der Waals surface area contributed by atoms with Crippen LogP contribution in [-0.4, -0.2) is 29.1 Å². The maximum atomic E-state index is 11.9. The van der Waals surface area contributed by atoms with Gasteiger partial charge < -0.3 is 10.4 Å². The summed E-state index contributed by atoms with van der Waals surface area (Å²) in [6.07, 6.45) is 1.19. The van der Waals surface area contributed by atoms with Gasteiger partial charge in [0, 0.05) is 10.2 Å². The molecule has 0 aliphatic rings. The van der Waals surface area contributed by atoms with Crippen molar-refractivity contribution in [1.29, 1.82) is 0 Å². The van der Waals surface area contributed by atoms with Crippen LogP contribution >= 0.6 is 15.9 Å². The third kappa shape index (κ3) is 5.13. The van der Waals surface area contributed by atoms with Crippen molar-refractivity contribution >= 4 is 33.5 Å². The lowest BCUT2D eigenvalue weighted by Gasteiger charge is -2.25. The number of aliphatic carboxylic acids is 1. The zero-order valence-electron chi connectivity index (χ0n) is 12.5. The van der Waals surface area contributed by atoms with Crippen molar-refractivity contribution in [3.63, 3.8) is 0 Å². The number of carboxylic acids is 1. The molecule has 1 amide bonds. The maximum absolute atomic E-state index is 11.9. The van der Waals surface area contributed by atoms with E-state index in [0.29, 0.717) is 12.1 Å². The van der Waals surface area contributed by atoms with Crippen LogP contribution < -0.4 is 10.6 Å². The van der Waals surface area contributed by atoms with E-state index >= 15 is 0 Å². The largest absolute Gasteiger partial charge is 0.480 e. The Bertz CT molecular complexity index is 534. The van der Waals surface area contributed by atoms with Crippen molar-refractivity contribution in [2.75, 3.05) is 11.9 Å². The van der Waals surface area contributed by atoms with Gasteiger partial charge in [-0.2, -0.15) is 0 Å². The Kier molecular flexibility index (Phi) is 6.36. The van der Waals surface area contributed by atoms with E-state index in [9.17, 15) is 14.7 Å². The summed E-state index contributed by atoms with van der Waals surface area (Å²) in [6, 6.07) is 5.50. The van der Waals surface area contributed by atoms with E-state index in [2.05, 4.69) is 26.6 Å². The molecule has 0 aromatic heterocycles. The molecule has 6 heteroatoms. The topological polar surface area (TPSA) is 78.4 Å². The van der Waals surface area contributed by atoms with Crippen molar-refractivity contribution in [3.8, 4) is 0 Å². The van der Waals surface area contributed by atoms with Gasteiger partial charge in [-0.25, -0.2) is 0 Å².